The number of carbonyl (C=O) groups excluding carboxylic acids is 1. The minimum atomic E-state index is -0.251. The molecule has 0 radical (unpaired) electrons. The van der Waals surface area contributed by atoms with Gasteiger partial charge in [0.1, 0.15) is 0 Å². The van der Waals surface area contributed by atoms with E-state index < -0.39 is 0 Å². The van der Waals surface area contributed by atoms with Crippen molar-refractivity contribution in [3.05, 3.63) is 5.89 Å². The van der Waals surface area contributed by atoms with E-state index in [1.54, 1.807) is 7.05 Å². The second-order valence-electron chi connectivity index (χ2n) is 5.11. The number of anilines is 1. The molecule has 18 heavy (non-hydrogen) atoms. The van der Waals surface area contributed by atoms with Crippen LogP contribution in [-0.4, -0.2) is 35.2 Å². The molecule has 0 saturated carbocycles. The number of nitrogens with one attached hydrogen (secondary N) is 3. The zero-order chi connectivity index (χ0) is 13.8. The van der Waals surface area contributed by atoms with E-state index in [4.69, 9.17) is 4.42 Å². The van der Waals surface area contributed by atoms with Crippen LogP contribution in [0.4, 0.5) is 6.01 Å². The lowest BCUT2D eigenvalue weighted by molar-refractivity contribution is -0.120. The van der Waals surface area contributed by atoms with Crippen molar-refractivity contribution in [1.82, 2.24) is 20.8 Å². The van der Waals surface area contributed by atoms with Crippen molar-refractivity contribution in [1.29, 1.82) is 0 Å². The minimum absolute atomic E-state index is 0.0172. The molecule has 0 fully saturated rings. The lowest BCUT2D eigenvalue weighted by atomic mass is 10.1. The van der Waals surface area contributed by atoms with E-state index in [2.05, 4.69) is 26.1 Å². The molecule has 3 N–H and O–H groups in total. The molecule has 1 aromatic heterocycles. The van der Waals surface area contributed by atoms with E-state index in [-0.39, 0.29) is 30.0 Å². The fraction of sp³-hybridized carbons (Fsp3) is 0.727. The van der Waals surface area contributed by atoms with Gasteiger partial charge in [0.25, 0.3) is 0 Å². The molecule has 102 valence electrons. The second-order valence-corrected chi connectivity index (χ2v) is 5.11. The third-order valence-electron chi connectivity index (χ3n) is 2.16. The number of carbonyl (C=O) groups is 1. The molecule has 0 aliphatic carbocycles. The average molecular weight is 255 g/mol. The third kappa shape index (κ3) is 4.70. The minimum Gasteiger partial charge on any atom is -0.406 e. The van der Waals surface area contributed by atoms with Crippen LogP contribution in [0.2, 0.25) is 0 Å². The third-order valence-corrected chi connectivity index (χ3v) is 2.16. The maximum absolute atomic E-state index is 11.6. The molecule has 0 aliphatic heterocycles. The maximum Gasteiger partial charge on any atom is 0.315 e. The number of hydrogen-bond donors (Lipinski definition) is 3. The Balaban J connectivity index is 2.44. The largest absolute Gasteiger partial charge is 0.406 e. The maximum atomic E-state index is 11.6. The molecule has 0 aliphatic rings. The fourth-order valence-corrected chi connectivity index (χ4v) is 1.22. The van der Waals surface area contributed by atoms with Crippen molar-refractivity contribution in [3.63, 3.8) is 0 Å². The van der Waals surface area contributed by atoms with Gasteiger partial charge in [-0.25, -0.2) is 0 Å². The molecule has 7 heteroatoms. The monoisotopic (exact) mass is 255 g/mol. The first kappa shape index (κ1) is 14.4. The first-order chi connectivity index (χ1) is 8.31. The van der Waals surface area contributed by atoms with Crippen molar-refractivity contribution in [2.45, 2.75) is 39.3 Å². The summed E-state index contributed by atoms with van der Waals surface area (Å²) in [5.74, 6) is 0.361. The molecule has 0 bridgehead atoms. The quantitative estimate of drug-likeness (QED) is 0.716. The standard InChI is InChI=1S/C11H21N5O2/c1-7(12-5)9-15-16-10(18-9)13-6-8(17)14-11(2,3)4/h7,12H,6H2,1-5H3,(H,13,16)(H,14,17). The Kier molecular flexibility index (Phi) is 4.66. The van der Waals surface area contributed by atoms with E-state index >= 15 is 0 Å². The fourth-order valence-electron chi connectivity index (χ4n) is 1.22. The number of amides is 1. The summed E-state index contributed by atoms with van der Waals surface area (Å²) in [5.41, 5.74) is -0.251. The molecule has 1 heterocycles. The van der Waals surface area contributed by atoms with Crippen LogP contribution in [0, 0.1) is 0 Å². The lowest BCUT2D eigenvalue weighted by Gasteiger charge is -2.20. The molecular formula is C11H21N5O2. The smallest absolute Gasteiger partial charge is 0.315 e. The summed E-state index contributed by atoms with van der Waals surface area (Å²) >= 11 is 0. The Morgan fingerprint density at radius 3 is 2.61 bits per heavy atom. The van der Waals surface area contributed by atoms with Gasteiger partial charge in [-0.2, -0.15) is 0 Å². The highest BCUT2D eigenvalue weighted by atomic mass is 16.4. The predicted molar refractivity (Wildman–Crippen MR) is 68.2 cm³/mol. The van der Waals surface area contributed by atoms with E-state index in [1.165, 1.54) is 0 Å². The molecule has 1 amide bonds. The topological polar surface area (TPSA) is 92.1 Å². The van der Waals surface area contributed by atoms with Crippen LogP contribution in [0.5, 0.6) is 0 Å². The Labute approximate surface area is 107 Å². The summed E-state index contributed by atoms with van der Waals surface area (Å²) in [7, 11) is 1.80. The Morgan fingerprint density at radius 1 is 1.39 bits per heavy atom. The van der Waals surface area contributed by atoms with Crippen molar-refractivity contribution < 1.29 is 9.21 Å². The summed E-state index contributed by atoms with van der Waals surface area (Å²) in [4.78, 5) is 11.6. The van der Waals surface area contributed by atoms with Gasteiger partial charge in [0.15, 0.2) is 0 Å². The van der Waals surface area contributed by atoms with Gasteiger partial charge >= 0.3 is 6.01 Å². The van der Waals surface area contributed by atoms with E-state index in [9.17, 15) is 4.79 Å². The van der Waals surface area contributed by atoms with E-state index in [0.29, 0.717) is 5.89 Å². The number of aromatic nitrogens is 2. The van der Waals surface area contributed by atoms with E-state index in [0.717, 1.165) is 0 Å². The highest BCUT2D eigenvalue weighted by Crippen LogP contribution is 2.12. The van der Waals surface area contributed by atoms with Gasteiger partial charge in [-0.15, -0.1) is 5.10 Å². The van der Waals surface area contributed by atoms with Crippen molar-refractivity contribution in [2.75, 3.05) is 18.9 Å². The molecule has 1 rings (SSSR count). The van der Waals surface area contributed by atoms with Gasteiger partial charge in [0.2, 0.25) is 11.8 Å². The zero-order valence-electron chi connectivity index (χ0n) is 11.5. The van der Waals surface area contributed by atoms with Crippen molar-refractivity contribution in [2.24, 2.45) is 0 Å². The van der Waals surface area contributed by atoms with Gasteiger partial charge < -0.3 is 20.4 Å². The van der Waals surface area contributed by atoms with Gasteiger partial charge in [-0.3, -0.25) is 4.79 Å². The summed E-state index contributed by atoms with van der Waals surface area (Å²) in [6.07, 6.45) is 0. The Bertz CT molecular complexity index is 396. The summed E-state index contributed by atoms with van der Waals surface area (Å²) < 4.78 is 5.34. The van der Waals surface area contributed by atoms with Gasteiger partial charge in [0.05, 0.1) is 12.6 Å². The zero-order valence-corrected chi connectivity index (χ0v) is 11.5. The molecule has 0 spiro atoms. The van der Waals surface area contributed by atoms with Crippen LogP contribution in [0.1, 0.15) is 39.6 Å². The molecule has 1 unspecified atom stereocenters. The summed E-state index contributed by atoms with van der Waals surface area (Å²) in [6, 6.07) is 0.229. The number of nitrogens with zero attached hydrogens (tertiary/aromatic N) is 2. The lowest BCUT2D eigenvalue weighted by Crippen LogP contribution is -2.43. The predicted octanol–water partition coefficient (Wildman–Crippen LogP) is 0.677. The highest BCUT2D eigenvalue weighted by Gasteiger charge is 2.15. The van der Waals surface area contributed by atoms with Gasteiger partial charge in [-0.05, 0) is 34.7 Å². The normalized spacial score (nSPS) is 13.2. The average Bonchev–Trinajstić information content (AvgIpc) is 2.71. The number of rotatable bonds is 5. The van der Waals surface area contributed by atoms with Crippen LogP contribution in [0.15, 0.2) is 4.42 Å². The van der Waals surface area contributed by atoms with Crippen LogP contribution in [0.25, 0.3) is 0 Å². The SMILES string of the molecule is CNC(C)c1nnc(NCC(=O)NC(C)(C)C)o1. The second kappa shape index (κ2) is 5.81. The van der Waals surface area contributed by atoms with Crippen molar-refractivity contribution in [3.8, 4) is 0 Å². The Hall–Kier alpha value is -1.63. The molecule has 1 aromatic rings. The highest BCUT2D eigenvalue weighted by molar-refractivity contribution is 5.80. The number of hydrogen-bond acceptors (Lipinski definition) is 6. The summed E-state index contributed by atoms with van der Waals surface area (Å²) in [5, 5.41) is 16.3. The first-order valence-electron chi connectivity index (χ1n) is 5.87. The van der Waals surface area contributed by atoms with Crippen LogP contribution in [-0.2, 0) is 4.79 Å². The van der Waals surface area contributed by atoms with Crippen LogP contribution in [0.3, 0.4) is 0 Å². The molecular weight excluding hydrogens is 234 g/mol. The van der Waals surface area contributed by atoms with Crippen LogP contribution >= 0.6 is 0 Å². The summed E-state index contributed by atoms with van der Waals surface area (Å²) in [6.45, 7) is 7.77. The van der Waals surface area contributed by atoms with Crippen molar-refractivity contribution >= 4 is 11.9 Å². The molecule has 0 aromatic carbocycles. The van der Waals surface area contributed by atoms with Gasteiger partial charge in [-0.1, -0.05) is 5.10 Å². The molecule has 0 saturated heterocycles. The molecule has 7 nitrogen and oxygen atoms in total. The van der Waals surface area contributed by atoms with Crippen LogP contribution < -0.4 is 16.0 Å². The van der Waals surface area contributed by atoms with Gasteiger partial charge in [0, 0.05) is 5.54 Å². The molecule has 1 atom stereocenters. The first-order valence-corrected chi connectivity index (χ1v) is 5.87. The Morgan fingerprint density at radius 2 is 2.06 bits per heavy atom. The van der Waals surface area contributed by atoms with E-state index in [1.807, 2.05) is 27.7 Å².